The summed E-state index contributed by atoms with van der Waals surface area (Å²) in [5, 5.41) is 3.09. The van der Waals surface area contributed by atoms with Crippen LogP contribution in [0.5, 0.6) is 0 Å². The molecule has 102 valence electrons. The Morgan fingerprint density at radius 2 is 1.82 bits per heavy atom. The second kappa shape index (κ2) is 9.46. The predicted molar refractivity (Wildman–Crippen MR) is 73.8 cm³/mol. The number of unbranched alkanes of at least 4 members (excludes halogenated alkanes) is 1. The first-order valence-corrected chi connectivity index (χ1v) is 7.07. The minimum absolute atomic E-state index is 0.0215. The van der Waals surface area contributed by atoms with Crippen LogP contribution in [0, 0.1) is 5.92 Å². The number of amides is 1. The van der Waals surface area contributed by atoms with Gasteiger partial charge in [0.05, 0.1) is 6.04 Å². The van der Waals surface area contributed by atoms with Crippen molar-refractivity contribution in [3.8, 4) is 0 Å². The van der Waals surface area contributed by atoms with Gasteiger partial charge in [-0.3, -0.25) is 4.79 Å². The first kappa shape index (κ1) is 16.4. The van der Waals surface area contributed by atoms with Gasteiger partial charge in [0.25, 0.3) is 0 Å². The number of carbonyl (C=O) groups excluding carboxylic acids is 1. The molecule has 0 bridgehead atoms. The Labute approximate surface area is 107 Å². The average Bonchev–Trinajstić information content (AvgIpc) is 2.25. The smallest absolute Gasteiger partial charge is 0.237 e. The van der Waals surface area contributed by atoms with Gasteiger partial charge in [-0.05, 0) is 25.2 Å². The van der Waals surface area contributed by atoms with Crippen molar-refractivity contribution >= 4 is 5.91 Å². The number of hydrogen-bond acceptors (Lipinski definition) is 2. The van der Waals surface area contributed by atoms with Gasteiger partial charge in [-0.25, -0.2) is 0 Å². The molecule has 0 spiro atoms. The molecule has 0 aromatic rings. The summed E-state index contributed by atoms with van der Waals surface area (Å²) in [6.07, 6.45) is 6.34. The number of rotatable bonds is 9. The van der Waals surface area contributed by atoms with Crippen LogP contribution < -0.4 is 11.1 Å². The molecular formula is C14H30N2O. The van der Waals surface area contributed by atoms with E-state index in [2.05, 4.69) is 33.0 Å². The maximum atomic E-state index is 11.9. The van der Waals surface area contributed by atoms with E-state index >= 15 is 0 Å². The fourth-order valence-corrected chi connectivity index (χ4v) is 2.01. The normalized spacial score (nSPS) is 14.7. The van der Waals surface area contributed by atoms with E-state index in [0.29, 0.717) is 12.0 Å². The SMILES string of the molecule is CCCCC(CCC)NC(=O)[C@@H](N)CC(C)C. The van der Waals surface area contributed by atoms with Crippen molar-refractivity contribution in [2.75, 3.05) is 0 Å². The number of nitrogens with one attached hydrogen (secondary N) is 1. The van der Waals surface area contributed by atoms with Gasteiger partial charge in [0, 0.05) is 6.04 Å². The summed E-state index contributed by atoms with van der Waals surface area (Å²) in [7, 11) is 0. The van der Waals surface area contributed by atoms with Crippen LogP contribution in [-0.4, -0.2) is 18.0 Å². The van der Waals surface area contributed by atoms with Crippen molar-refractivity contribution in [1.82, 2.24) is 5.32 Å². The zero-order valence-corrected chi connectivity index (χ0v) is 12.0. The molecule has 0 saturated carbocycles. The van der Waals surface area contributed by atoms with Crippen molar-refractivity contribution < 1.29 is 4.79 Å². The Bertz CT molecular complexity index is 204. The third kappa shape index (κ3) is 8.19. The highest BCUT2D eigenvalue weighted by atomic mass is 16.2. The molecule has 0 aliphatic carbocycles. The van der Waals surface area contributed by atoms with E-state index < -0.39 is 0 Å². The third-order valence-electron chi connectivity index (χ3n) is 2.95. The van der Waals surface area contributed by atoms with Gasteiger partial charge < -0.3 is 11.1 Å². The van der Waals surface area contributed by atoms with Crippen molar-refractivity contribution in [3.05, 3.63) is 0 Å². The molecule has 0 heterocycles. The van der Waals surface area contributed by atoms with Crippen LogP contribution in [0.15, 0.2) is 0 Å². The molecule has 0 aromatic heterocycles. The highest BCUT2D eigenvalue weighted by Crippen LogP contribution is 2.08. The molecule has 0 saturated heterocycles. The lowest BCUT2D eigenvalue weighted by molar-refractivity contribution is -0.123. The summed E-state index contributed by atoms with van der Waals surface area (Å²) < 4.78 is 0. The summed E-state index contributed by atoms with van der Waals surface area (Å²) in [4.78, 5) is 11.9. The average molecular weight is 242 g/mol. The molecule has 0 rings (SSSR count). The van der Waals surface area contributed by atoms with Gasteiger partial charge in [-0.1, -0.05) is 47.0 Å². The molecule has 0 fully saturated rings. The van der Waals surface area contributed by atoms with Crippen LogP contribution in [-0.2, 0) is 4.79 Å². The van der Waals surface area contributed by atoms with Crippen LogP contribution in [0.4, 0.5) is 0 Å². The Hall–Kier alpha value is -0.570. The monoisotopic (exact) mass is 242 g/mol. The largest absolute Gasteiger partial charge is 0.352 e. The van der Waals surface area contributed by atoms with E-state index in [9.17, 15) is 4.79 Å². The lowest BCUT2D eigenvalue weighted by atomic mass is 10.0. The summed E-state index contributed by atoms with van der Waals surface area (Å²) >= 11 is 0. The minimum atomic E-state index is -0.351. The lowest BCUT2D eigenvalue weighted by Gasteiger charge is -2.21. The highest BCUT2D eigenvalue weighted by molar-refractivity contribution is 5.81. The molecule has 0 aliphatic rings. The maximum absolute atomic E-state index is 11.9. The molecule has 3 nitrogen and oxygen atoms in total. The Morgan fingerprint density at radius 3 is 2.29 bits per heavy atom. The van der Waals surface area contributed by atoms with E-state index in [4.69, 9.17) is 5.73 Å². The molecule has 0 aromatic carbocycles. The molecule has 1 unspecified atom stereocenters. The first-order valence-electron chi connectivity index (χ1n) is 7.07. The second-order valence-electron chi connectivity index (χ2n) is 5.37. The predicted octanol–water partition coefficient (Wildman–Crippen LogP) is 2.83. The minimum Gasteiger partial charge on any atom is -0.352 e. The van der Waals surface area contributed by atoms with E-state index in [-0.39, 0.29) is 11.9 Å². The number of carbonyl (C=O) groups is 1. The lowest BCUT2D eigenvalue weighted by Crippen LogP contribution is -2.45. The molecule has 17 heavy (non-hydrogen) atoms. The quantitative estimate of drug-likeness (QED) is 0.653. The van der Waals surface area contributed by atoms with E-state index in [0.717, 1.165) is 25.7 Å². The fraction of sp³-hybridized carbons (Fsp3) is 0.929. The second-order valence-corrected chi connectivity index (χ2v) is 5.37. The first-order chi connectivity index (χ1) is 8.01. The van der Waals surface area contributed by atoms with Crippen molar-refractivity contribution in [2.24, 2.45) is 11.7 Å². The Balaban J connectivity index is 4.09. The van der Waals surface area contributed by atoms with Crippen LogP contribution in [0.3, 0.4) is 0 Å². The van der Waals surface area contributed by atoms with E-state index in [1.165, 1.54) is 12.8 Å². The van der Waals surface area contributed by atoms with E-state index in [1.807, 2.05) is 0 Å². The maximum Gasteiger partial charge on any atom is 0.237 e. The molecular weight excluding hydrogens is 212 g/mol. The standard InChI is InChI=1S/C14H30N2O/c1-5-7-9-12(8-6-2)16-14(17)13(15)10-11(3)4/h11-13H,5-10,15H2,1-4H3,(H,16,17)/t12?,13-/m0/s1. The van der Waals surface area contributed by atoms with Crippen LogP contribution >= 0.6 is 0 Å². The van der Waals surface area contributed by atoms with Crippen molar-refractivity contribution in [3.63, 3.8) is 0 Å². The summed E-state index contributed by atoms with van der Waals surface area (Å²) in [5.74, 6) is 0.490. The molecule has 2 atom stereocenters. The van der Waals surface area contributed by atoms with Gasteiger partial charge in [-0.2, -0.15) is 0 Å². The fourth-order valence-electron chi connectivity index (χ4n) is 2.01. The van der Waals surface area contributed by atoms with Gasteiger partial charge in [0.2, 0.25) is 5.91 Å². The van der Waals surface area contributed by atoms with Crippen molar-refractivity contribution in [1.29, 1.82) is 0 Å². The van der Waals surface area contributed by atoms with Gasteiger partial charge in [0.15, 0.2) is 0 Å². The van der Waals surface area contributed by atoms with Crippen LogP contribution in [0.2, 0.25) is 0 Å². The van der Waals surface area contributed by atoms with Gasteiger partial charge in [0.1, 0.15) is 0 Å². The molecule has 1 amide bonds. The summed E-state index contributed by atoms with van der Waals surface area (Å²) in [6.45, 7) is 8.51. The molecule has 3 heteroatoms. The topological polar surface area (TPSA) is 55.1 Å². The van der Waals surface area contributed by atoms with Crippen LogP contribution in [0.25, 0.3) is 0 Å². The third-order valence-corrected chi connectivity index (χ3v) is 2.95. The van der Waals surface area contributed by atoms with Crippen LogP contribution in [0.1, 0.15) is 66.2 Å². The summed E-state index contributed by atoms with van der Waals surface area (Å²) in [5.41, 5.74) is 5.88. The van der Waals surface area contributed by atoms with E-state index in [1.54, 1.807) is 0 Å². The Kier molecular flexibility index (Phi) is 9.14. The molecule has 0 aliphatic heterocycles. The molecule has 3 N–H and O–H groups in total. The molecule has 0 radical (unpaired) electrons. The number of nitrogens with two attached hydrogens (primary N) is 1. The highest BCUT2D eigenvalue weighted by Gasteiger charge is 2.18. The number of hydrogen-bond donors (Lipinski definition) is 2. The van der Waals surface area contributed by atoms with Gasteiger partial charge in [-0.15, -0.1) is 0 Å². The zero-order chi connectivity index (χ0) is 13.3. The van der Waals surface area contributed by atoms with Gasteiger partial charge >= 0.3 is 0 Å². The summed E-state index contributed by atoms with van der Waals surface area (Å²) in [6, 6.07) is -0.0401. The van der Waals surface area contributed by atoms with Crippen molar-refractivity contribution in [2.45, 2.75) is 78.3 Å². The Morgan fingerprint density at radius 1 is 1.18 bits per heavy atom. The zero-order valence-electron chi connectivity index (χ0n) is 12.0.